The number of rotatable bonds is 4. The molecule has 0 amide bonds. The van der Waals surface area contributed by atoms with Crippen LogP contribution in [-0.2, 0) is 4.79 Å². The molecule has 0 spiro atoms. The predicted octanol–water partition coefficient (Wildman–Crippen LogP) is 2.78. The molecule has 2 heteroatoms. The Hall–Kier alpha value is -0.530. The summed E-state index contributed by atoms with van der Waals surface area (Å²) in [4.78, 5) is 11.1. The Labute approximate surface area is 80.3 Å². The number of hydrogen-bond donors (Lipinski definition) is 1. The second-order valence-corrected chi connectivity index (χ2v) is 5.11. The molecule has 1 saturated carbocycles. The second kappa shape index (κ2) is 3.32. The van der Waals surface area contributed by atoms with E-state index in [2.05, 4.69) is 27.7 Å². The quantitative estimate of drug-likeness (QED) is 0.729. The summed E-state index contributed by atoms with van der Waals surface area (Å²) in [7, 11) is 0. The van der Waals surface area contributed by atoms with E-state index in [0.717, 1.165) is 12.8 Å². The van der Waals surface area contributed by atoms with Gasteiger partial charge in [-0.2, -0.15) is 0 Å². The maximum Gasteiger partial charge on any atom is 0.309 e. The topological polar surface area (TPSA) is 37.3 Å². The molecule has 0 bridgehead atoms. The van der Waals surface area contributed by atoms with Crippen molar-refractivity contribution in [3.05, 3.63) is 0 Å². The lowest BCUT2D eigenvalue weighted by Gasteiger charge is -2.16. The number of aliphatic carboxylic acids is 1. The van der Waals surface area contributed by atoms with Crippen molar-refractivity contribution in [3.8, 4) is 0 Å². The van der Waals surface area contributed by atoms with Crippen LogP contribution in [0.4, 0.5) is 0 Å². The highest BCUT2D eigenvalue weighted by Crippen LogP contribution is 2.60. The molecular formula is C11H20O2. The molecule has 0 saturated heterocycles. The first-order valence-electron chi connectivity index (χ1n) is 5.13. The SMILES string of the molecule is CC(C)CC1(C(=O)O)CC1C(C)C. The van der Waals surface area contributed by atoms with E-state index in [1.807, 2.05) is 0 Å². The van der Waals surface area contributed by atoms with E-state index in [4.69, 9.17) is 0 Å². The summed E-state index contributed by atoms with van der Waals surface area (Å²) < 4.78 is 0. The normalized spacial score (nSPS) is 32.6. The molecule has 0 radical (unpaired) electrons. The van der Waals surface area contributed by atoms with Crippen LogP contribution in [0.1, 0.15) is 40.5 Å². The van der Waals surface area contributed by atoms with Gasteiger partial charge in [0.2, 0.25) is 0 Å². The fourth-order valence-corrected chi connectivity index (χ4v) is 2.50. The predicted molar refractivity (Wildman–Crippen MR) is 52.5 cm³/mol. The van der Waals surface area contributed by atoms with E-state index in [1.165, 1.54) is 0 Å². The third-order valence-corrected chi connectivity index (χ3v) is 3.14. The smallest absolute Gasteiger partial charge is 0.309 e. The molecule has 0 aliphatic heterocycles. The zero-order valence-corrected chi connectivity index (χ0v) is 9.00. The molecular weight excluding hydrogens is 164 g/mol. The molecule has 76 valence electrons. The fraction of sp³-hybridized carbons (Fsp3) is 0.909. The highest BCUT2D eigenvalue weighted by Gasteiger charge is 2.60. The van der Waals surface area contributed by atoms with E-state index >= 15 is 0 Å². The van der Waals surface area contributed by atoms with Crippen molar-refractivity contribution < 1.29 is 9.90 Å². The standard InChI is InChI=1S/C11H20O2/c1-7(2)5-11(10(12)13)6-9(11)8(3)4/h7-9H,5-6H2,1-4H3,(H,12,13). The maximum absolute atomic E-state index is 11.1. The molecule has 1 fully saturated rings. The van der Waals surface area contributed by atoms with Crippen molar-refractivity contribution in [3.63, 3.8) is 0 Å². The number of hydrogen-bond acceptors (Lipinski definition) is 1. The number of carboxylic acids is 1. The Balaban J connectivity index is 2.66. The lowest BCUT2D eigenvalue weighted by molar-refractivity contribution is -0.145. The fourth-order valence-electron chi connectivity index (χ4n) is 2.50. The molecule has 2 nitrogen and oxygen atoms in total. The van der Waals surface area contributed by atoms with Crippen LogP contribution < -0.4 is 0 Å². The summed E-state index contributed by atoms with van der Waals surface area (Å²) >= 11 is 0. The summed E-state index contributed by atoms with van der Waals surface area (Å²) in [5, 5.41) is 9.17. The van der Waals surface area contributed by atoms with Crippen molar-refractivity contribution in [2.75, 3.05) is 0 Å². The zero-order valence-electron chi connectivity index (χ0n) is 9.00. The number of carbonyl (C=O) groups is 1. The molecule has 13 heavy (non-hydrogen) atoms. The summed E-state index contributed by atoms with van der Waals surface area (Å²) in [5.74, 6) is 0.821. The minimum absolute atomic E-state index is 0.373. The van der Waals surface area contributed by atoms with Gasteiger partial charge in [-0.25, -0.2) is 0 Å². The zero-order chi connectivity index (χ0) is 10.2. The van der Waals surface area contributed by atoms with E-state index in [0.29, 0.717) is 17.8 Å². The van der Waals surface area contributed by atoms with Gasteiger partial charge in [0.15, 0.2) is 0 Å². The molecule has 1 aliphatic rings. The molecule has 1 N–H and O–H groups in total. The minimum Gasteiger partial charge on any atom is -0.481 e. The van der Waals surface area contributed by atoms with E-state index in [-0.39, 0.29) is 5.41 Å². The largest absolute Gasteiger partial charge is 0.481 e. The molecule has 0 heterocycles. The van der Waals surface area contributed by atoms with Gasteiger partial charge in [0.25, 0.3) is 0 Å². The summed E-state index contributed by atoms with van der Waals surface area (Å²) in [6.07, 6.45) is 1.73. The van der Waals surface area contributed by atoms with Crippen LogP contribution in [-0.4, -0.2) is 11.1 Å². The monoisotopic (exact) mass is 184 g/mol. The first-order chi connectivity index (χ1) is 5.90. The van der Waals surface area contributed by atoms with Gasteiger partial charge in [-0.3, -0.25) is 4.79 Å². The highest BCUT2D eigenvalue weighted by atomic mass is 16.4. The first kappa shape index (κ1) is 10.6. The average molecular weight is 184 g/mol. The van der Waals surface area contributed by atoms with Crippen molar-refractivity contribution in [2.45, 2.75) is 40.5 Å². The van der Waals surface area contributed by atoms with E-state index in [1.54, 1.807) is 0 Å². The Morgan fingerprint density at radius 2 is 2.00 bits per heavy atom. The van der Waals surface area contributed by atoms with Crippen LogP contribution in [0, 0.1) is 23.2 Å². The summed E-state index contributed by atoms with van der Waals surface area (Å²) in [6, 6.07) is 0. The highest BCUT2D eigenvalue weighted by molar-refractivity contribution is 5.78. The molecule has 2 atom stereocenters. The lowest BCUT2D eigenvalue weighted by atomic mass is 9.89. The van der Waals surface area contributed by atoms with Gasteiger partial charge in [-0.05, 0) is 30.6 Å². The Bertz CT molecular complexity index is 208. The van der Waals surface area contributed by atoms with Gasteiger partial charge in [0.1, 0.15) is 0 Å². The van der Waals surface area contributed by atoms with Crippen LogP contribution >= 0.6 is 0 Å². The van der Waals surface area contributed by atoms with Crippen LogP contribution in [0.25, 0.3) is 0 Å². The minimum atomic E-state index is -0.583. The molecule has 0 aromatic heterocycles. The molecule has 1 aliphatic carbocycles. The first-order valence-corrected chi connectivity index (χ1v) is 5.13. The van der Waals surface area contributed by atoms with Crippen LogP contribution in [0.5, 0.6) is 0 Å². The van der Waals surface area contributed by atoms with E-state index < -0.39 is 5.97 Å². The summed E-state index contributed by atoms with van der Waals surface area (Å²) in [5.41, 5.74) is -0.373. The molecule has 2 unspecified atom stereocenters. The van der Waals surface area contributed by atoms with Crippen molar-refractivity contribution in [1.29, 1.82) is 0 Å². The third kappa shape index (κ3) is 1.87. The van der Waals surface area contributed by atoms with Crippen LogP contribution in [0.15, 0.2) is 0 Å². The van der Waals surface area contributed by atoms with Crippen molar-refractivity contribution >= 4 is 5.97 Å². The summed E-state index contributed by atoms with van der Waals surface area (Å²) in [6.45, 7) is 8.44. The Kier molecular flexibility index (Phi) is 2.69. The number of carboxylic acid groups (broad SMARTS) is 1. The van der Waals surface area contributed by atoms with E-state index in [9.17, 15) is 9.90 Å². The van der Waals surface area contributed by atoms with Crippen molar-refractivity contribution in [2.24, 2.45) is 23.2 Å². The van der Waals surface area contributed by atoms with Gasteiger partial charge in [0, 0.05) is 0 Å². The van der Waals surface area contributed by atoms with Gasteiger partial charge in [-0.1, -0.05) is 27.7 Å². The average Bonchev–Trinajstić information content (AvgIpc) is 2.62. The molecule has 0 aromatic carbocycles. The van der Waals surface area contributed by atoms with Gasteiger partial charge in [-0.15, -0.1) is 0 Å². The molecule has 1 rings (SSSR count). The Morgan fingerprint density at radius 3 is 2.23 bits per heavy atom. The Morgan fingerprint density at radius 1 is 1.46 bits per heavy atom. The maximum atomic E-state index is 11.1. The van der Waals surface area contributed by atoms with Crippen LogP contribution in [0.3, 0.4) is 0 Å². The van der Waals surface area contributed by atoms with Gasteiger partial charge in [0.05, 0.1) is 5.41 Å². The van der Waals surface area contributed by atoms with Gasteiger partial charge < -0.3 is 5.11 Å². The molecule has 0 aromatic rings. The third-order valence-electron chi connectivity index (χ3n) is 3.14. The van der Waals surface area contributed by atoms with Crippen LogP contribution in [0.2, 0.25) is 0 Å². The lowest BCUT2D eigenvalue weighted by Crippen LogP contribution is -2.21. The second-order valence-electron chi connectivity index (χ2n) is 5.11. The van der Waals surface area contributed by atoms with Crippen molar-refractivity contribution in [1.82, 2.24) is 0 Å². The van der Waals surface area contributed by atoms with Gasteiger partial charge >= 0.3 is 5.97 Å².